The molecule has 0 N–H and O–H groups in total. The summed E-state index contributed by atoms with van der Waals surface area (Å²) in [6.07, 6.45) is -0.280. The summed E-state index contributed by atoms with van der Waals surface area (Å²) in [4.78, 5) is 37.0. The Morgan fingerprint density at radius 2 is 1.96 bits per heavy atom. The predicted octanol–water partition coefficient (Wildman–Crippen LogP) is 2.74. The molecular weight excluding hydrogens is 352 g/mol. The highest BCUT2D eigenvalue weighted by molar-refractivity contribution is 6.00. The first-order valence-corrected chi connectivity index (χ1v) is 8.35. The molecule has 1 heterocycles. The van der Waals surface area contributed by atoms with Crippen LogP contribution in [0.1, 0.15) is 22.8 Å². The molecule has 0 aromatic heterocycles. The van der Waals surface area contributed by atoms with E-state index in [2.05, 4.69) is 0 Å². The first kappa shape index (κ1) is 18.4. The van der Waals surface area contributed by atoms with E-state index in [0.717, 1.165) is 23.7 Å². The van der Waals surface area contributed by atoms with Gasteiger partial charge in [-0.1, -0.05) is 18.2 Å². The van der Waals surface area contributed by atoms with Crippen LogP contribution < -0.4 is 9.64 Å². The summed E-state index contributed by atoms with van der Waals surface area (Å²) < 4.78 is 10.1. The van der Waals surface area contributed by atoms with Crippen molar-refractivity contribution in [2.45, 2.75) is 19.4 Å². The number of amides is 1. The molecule has 1 aliphatic rings. The molecule has 140 valence electrons. The smallest absolute Gasteiger partial charge is 0.339 e. The molecule has 0 radical (unpaired) electrons. The Balaban J connectivity index is 1.74. The van der Waals surface area contributed by atoms with Gasteiger partial charge in [-0.3, -0.25) is 14.9 Å². The second kappa shape index (κ2) is 7.45. The Labute approximate surface area is 155 Å². The molecule has 0 unspecified atom stereocenters. The van der Waals surface area contributed by atoms with E-state index in [4.69, 9.17) is 9.47 Å². The van der Waals surface area contributed by atoms with Gasteiger partial charge < -0.3 is 14.4 Å². The van der Waals surface area contributed by atoms with Crippen molar-refractivity contribution in [1.29, 1.82) is 0 Å². The molecule has 3 rings (SSSR count). The highest BCUT2D eigenvalue weighted by Gasteiger charge is 2.30. The van der Waals surface area contributed by atoms with E-state index in [-0.39, 0.29) is 22.9 Å². The molecule has 8 nitrogen and oxygen atoms in total. The summed E-state index contributed by atoms with van der Waals surface area (Å²) in [7, 11) is 1.30. The Bertz CT molecular complexity index is 911. The number of ether oxygens (including phenoxy) is 2. The van der Waals surface area contributed by atoms with Crippen LogP contribution in [-0.4, -0.2) is 36.6 Å². The lowest BCUT2D eigenvalue weighted by Crippen LogP contribution is -2.39. The lowest BCUT2D eigenvalue weighted by molar-refractivity contribution is -0.385. The molecule has 0 saturated carbocycles. The monoisotopic (exact) mass is 370 g/mol. The average Bonchev–Trinajstić information content (AvgIpc) is 3.10. The van der Waals surface area contributed by atoms with Crippen molar-refractivity contribution in [3.05, 3.63) is 63.7 Å². The molecule has 1 atom stereocenters. The summed E-state index contributed by atoms with van der Waals surface area (Å²) in [5.74, 6) is -1.11. The van der Waals surface area contributed by atoms with Gasteiger partial charge >= 0.3 is 11.7 Å². The van der Waals surface area contributed by atoms with Gasteiger partial charge in [0.1, 0.15) is 0 Å². The van der Waals surface area contributed by atoms with Gasteiger partial charge in [-0.25, -0.2) is 4.79 Å². The number of carbonyl (C=O) groups is 2. The quantitative estimate of drug-likeness (QED) is 0.456. The van der Waals surface area contributed by atoms with Crippen molar-refractivity contribution in [1.82, 2.24) is 0 Å². The van der Waals surface area contributed by atoms with Crippen LogP contribution >= 0.6 is 0 Å². The zero-order chi connectivity index (χ0) is 19.6. The van der Waals surface area contributed by atoms with E-state index >= 15 is 0 Å². The van der Waals surface area contributed by atoms with E-state index in [1.807, 2.05) is 24.3 Å². The summed E-state index contributed by atoms with van der Waals surface area (Å²) in [5, 5.41) is 11.1. The normalized spacial score (nSPS) is 13.6. The third-order valence-corrected chi connectivity index (χ3v) is 4.40. The van der Waals surface area contributed by atoms with Crippen molar-refractivity contribution < 1.29 is 24.0 Å². The van der Waals surface area contributed by atoms with Crippen LogP contribution in [0.2, 0.25) is 0 Å². The Morgan fingerprint density at radius 1 is 1.22 bits per heavy atom. The molecule has 0 saturated heterocycles. The van der Waals surface area contributed by atoms with Crippen molar-refractivity contribution in [2.75, 3.05) is 18.6 Å². The van der Waals surface area contributed by atoms with E-state index in [1.54, 1.807) is 4.90 Å². The highest BCUT2D eigenvalue weighted by Crippen LogP contribution is 2.29. The maximum absolute atomic E-state index is 12.7. The zero-order valence-electron chi connectivity index (χ0n) is 14.9. The summed E-state index contributed by atoms with van der Waals surface area (Å²) >= 11 is 0. The van der Waals surface area contributed by atoms with Crippen molar-refractivity contribution >= 4 is 23.3 Å². The van der Waals surface area contributed by atoms with Gasteiger partial charge in [0.05, 0.1) is 17.6 Å². The summed E-state index contributed by atoms with van der Waals surface area (Å²) in [5.41, 5.74) is 1.50. The molecular formula is C19H18N2O6. The van der Waals surface area contributed by atoms with Crippen molar-refractivity contribution in [2.24, 2.45) is 0 Å². The minimum Gasteiger partial charge on any atom is -0.490 e. The van der Waals surface area contributed by atoms with Crippen LogP contribution in [0, 0.1) is 10.1 Å². The average molecular weight is 370 g/mol. The van der Waals surface area contributed by atoms with E-state index in [0.29, 0.717) is 6.54 Å². The molecule has 8 heteroatoms. The maximum Gasteiger partial charge on any atom is 0.339 e. The van der Waals surface area contributed by atoms with Crippen LogP contribution in [0.4, 0.5) is 11.4 Å². The predicted molar refractivity (Wildman–Crippen MR) is 97.0 cm³/mol. The highest BCUT2D eigenvalue weighted by atomic mass is 16.6. The number of carbonyl (C=O) groups excluding carboxylic acids is 2. The third kappa shape index (κ3) is 3.59. The van der Waals surface area contributed by atoms with Crippen LogP contribution in [0.15, 0.2) is 42.5 Å². The number of nitro benzene ring substituents is 1. The van der Waals surface area contributed by atoms with E-state index in [9.17, 15) is 19.7 Å². The molecule has 0 fully saturated rings. The van der Waals surface area contributed by atoms with Crippen molar-refractivity contribution in [3.8, 4) is 5.75 Å². The molecule has 0 aliphatic carbocycles. The maximum atomic E-state index is 12.7. The number of anilines is 1. The first-order chi connectivity index (χ1) is 12.9. The molecule has 0 spiro atoms. The van der Waals surface area contributed by atoms with E-state index in [1.165, 1.54) is 26.2 Å². The lowest BCUT2D eigenvalue weighted by atomic mass is 10.2. The lowest BCUT2D eigenvalue weighted by Gasteiger charge is -2.21. The summed E-state index contributed by atoms with van der Waals surface area (Å²) in [6.45, 7) is 2.01. The number of hydrogen-bond acceptors (Lipinski definition) is 6. The first-order valence-electron chi connectivity index (χ1n) is 8.35. The topological polar surface area (TPSA) is 99.0 Å². The van der Waals surface area contributed by atoms with Gasteiger partial charge in [0.15, 0.2) is 11.9 Å². The van der Waals surface area contributed by atoms with Gasteiger partial charge in [0, 0.05) is 18.3 Å². The summed E-state index contributed by atoms with van der Waals surface area (Å²) in [6, 6.07) is 11.3. The number of para-hydroxylation sites is 1. The number of nitro groups is 1. The molecule has 27 heavy (non-hydrogen) atoms. The number of nitrogens with zero attached hydrogens (tertiary/aromatic N) is 2. The Hall–Kier alpha value is -3.42. The number of fused-ring (bicyclic) bond motifs is 1. The number of esters is 1. The van der Waals surface area contributed by atoms with Crippen LogP contribution in [-0.2, 0) is 16.0 Å². The molecule has 1 amide bonds. The van der Waals surface area contributed by atoms with Gasteiger partial charge in [-0.2, -0.15) is 0 Å². The van der Waals surface area contributed by atoms with Crippen LogP contribution in [0.3, 0.4) is 0 Å². The van der Waals surface area contributed by atoms with Gasteiger partial charge in [-0.15, -0.1) is 0 Å². The Morgan fingerprint density at radius 3 is 2.67 bits per heavy atom. The van der Waals surface area contributed by atoms with Gasteiger partial charge in [0.25, 0.3) is 5.91 Å². The number of rotatable bonds is 5. The zero-order valence-corrected chi connectivity index (χ0v) is 14.9. The fourth-order valence-electron chi connectivity index (χ4n) is 3.03. The van der Waals surface area contributed by atoms with Crippen LogP contribution in [0.5, 0.6) is 5.75 Å². The molecule has 0 bridgehead atoms. The minimum atomic E-state index is -1.02. The largest absolute Gasteiger partial charge is 0.490 e. The fourth-order valence-corrected chi connectivity index (χ4v) is 3.03. The fraction of sp³-hybridized carbons (Fsp3) is 0.263. The third-order valence-electron chi connectivity index (χ3n) is 4.40. The molecule has 2 aromatic rings. The standard InChI is InChI=1S/C19H18N2O6/c1-12(18(22)20-10-9-13-5-3-4-6-15(13)20)27-19(23)14-7-8-17(26-2)16(11-14)21(24)25/h3-8,11-12H,9-10H2,1-2H3/t12-/m0/s1. The Kier molecular flexibility index (Phi) is 5.07. The van der Waals surface area contributed by atoms with E-state index < -0.39 is 17.0 Å². The van der Waals surface area contributed by atoms with Crippen molar-refractivity contribution in [3.63, 3.8) is 0 Å². The molecule has 2 aromatic carbocycles. The minimum absolute atomic E-state index is 0.0241. The number of methoxy groups -OCH3 is 1. The second-order valence-electron chi connectivity index (χ2n) is 6.06. The number of hydrogen-bond donors (Lipinski definition) is 0. The van der Waals surface area contributed by atoms with Crippen LogP contribution in [0.25, 0.3) is 0 Å². The second-order valence-corrected chi connectivity index (χ2v) is 6.06. The number of benzene rings is 2. The SMILES string of the molecule is COc1ccc(C(=O)O[C@@H](C)C(=O)N2CCc3ccccc32)cc1[N+](=O)[O-]. The van der Waals surface area contributed by atoms with Gasteiger partial charge in [0.2, 0.25) is 0 Å². The van der Waals surface area contributed by atoms with Gasteiger partial charge in [-0.05, 0) is 37.1 Å². The molecule has 1 aliphatic heterocycles.